The molecule has 11 heteroatoms. The number of halogens is 3. The van der Waals surface area contributed by atoms with Gasteiger partial charge >= 0.3 is 6.18 Å². The standard InChI is InChI=1S/C22H20F3N5O3/c23-22(24,25)15-4-1-3-13-10-27-21-14-9-18(30-6-8-32-12-19(30)31)26-11-16(14)28-17(29-21)5-2-7-33-20(13)15/h1,3-4,9,11H,2,5-8,10,12H2,(H,27,28,29). The van der Waals surface area contributed by atoms with Gasteiger partial charge in [-0.25, -0.2) is 15.0 Å². The number of morpholine rings is 1. The molecule has 1 amide bonds. The molecule has 4 heterocycles. The number of aromatic nitrogens is 3. The molecule has 0 atom stereocenters. The van der Waals surface area contributed by atoms with Crippen molar-refractivity contribution >= 4 is 28.4 Å². The zero-order chi connectivity index (χ0) is 23.0. The molecule has 3 aromatic rings. The molecule has 1 fully saturated rings. The molecular formula is C22H20F3N5O3. The average molecular weight is 459 g/mol. The molecule has 0 radical (unpaired) electrons. The summed E-state index contributed by atoms with van der Waals surface area (Å²) < 4.78 is 51.4. The molecule has 5 rings (SSSR count). The number of alkyl halides is 3. The molecule has 0 aliphatic carbocycles. The van der Waals surface area contributed by atoms with Crippen LogP contribution in [0.3, 0.4) is 0 Å². The minimum absolute atomic E-state index is 0.0153. The van der Waals surface area contributed by atoms with Gasteiger partial charge in [0.15, 0.2) is 0 Å². The number of carbonyl (C=O) groups excluding carboxylic acids is 1. The van der Waals surface area contributed by atoms with Gasteiger partial charge in [0.1, 0.15) is 29.8 Å². The molecule has 33 heavy (non-hydrogen) atoms. The van der Waals surface area contributed by atoms with Crippen molar-refractivity contribution in [3.63, 3.8) is 0 Å². The Morgan fingerprint density at radius 1 is 1.15 bits per heavy atom. The number of carbonyl (C=O) groups is 1. The molecule has 2 aromatic heterocycles. The summed E-state index contributed by atoms with van der Waals surface area (Å²) in [7, 11) is 0. The van der Waals surface area contributed by atoms with Crippen LogP contribution in [0.5, 0.6) is 5.75 Å². The first-order chi connectivity index (χ1) is 15.9. The fraction of sp³-hybridized carbons (Fsp3) is 0.364. The van der Waals surface area contributed by atoms with E-state index in [1.54, 1.807) is 18.3 Å². The summed E-state index contributed by atoms with van der Waals surface area (Å²) >= 11 is 0. The normalized spacial score (nSPS) is 17.1. The highest BCUT2D eigenvalue weighted by Gasteiger charge is 2.35. The van der Waals surface area contributed by atoms with Gasteiger partial charge < -0.3 is 14.8 Å². The highest BCUT2D eigenvalue weighted by atomic mass is 19.4. The average Bonchev–Trinajstić information content (AvgIpc) is 2.82. The number of pyridine rings is 1. The predicted octanol–water partition coefficient (Wildman–Crippen LogP) is 3.34. The number of anilines is 2. The Kier molecular flexibility index (Phi) is 5.49. The topological polar surface area (TPSA) is 89.5 Å². The lowest BCUT2D eigenvalue weighted by Crippen LogP contribution is -2.42. The van der Waals surface area contributed by atoms with E-state index in [1.807, 2.05) is 0 Å². The number of amides is 1. The van der Waals surface area contributed by atoms with Gasteiger partial charge in [0.05, 0.1) is 37.0 Å². The van der Waals surface area contributed by atoms with Crippen molar-refractivity contribution in [1.29, 1.82) is 0 Å². The summed E-state index contributed by atoms with van der Waals surface area (Å²) in [4.78, 5) is 27.3. The molecule has 2 bridgehead atoms. The first kappa shape index (κ1) is 21.4. The van der Waals surface area contributed by atoms with Crippen LogP contribution in [0, 0.1) is 0 Å². The molecule has 0 spiro atoms. The maximum atomic E-state index is 13.5. The quantitative estimate of drug-likeness (QED) is 0.597. The number of ether oxygens (including phenoxy) is 2. The van der Waals surface area contributed by atoms with Crippen LogP contribution in [0.1, 0.15) is 23.4 Å². The van der Waals surface area contributed by atoms with E-state index in [9.17, 15) is 18.0 Å². The minimum atomic E-state index is -4.53. The van der Waals surface area contributed by atoms with E-state index in [1.165, 1.54) is 11.0 Å². The number of nitrogens with one attached hydrogen (secondary N) is 1. The first-order valence-corrected chi connectivity index (χ1v) is 10.5. The Morgan fingerprint density at radius 3 is 2.85 bits per heavy atom. The lowest BCUT2D eigenvalue weighted by Gasteiger charge is -2.26. The molecule has 1 aromatic carbocycles. The van der Waals surface area contributed by atoms with E-state index in [4.69, 9.17) is 9.47 Å². The summed E-state index contributed by atoms with van der Waals surface area (Å²) in [5, 5.41) is 3.77. The van der Waals surface area contributed by atoms with E-state index < -0.39 is 11.7 Å². The van der Waals surface area contributed by atoms with Crippen molar-refractivity contribution < 1.29 is 27.4 Å². The van der Waals surface area contributed by atoms with Gasteiger partial charge in [-0.2, -0.15) is 13.2 Å². The maximum Gasteiger partial charge on any atom is 0.419 e. The Bertz CT molecular complexity index is 1220. The lowest BCUT2D eigenvalue weighted by atomic mass is 10.1. The van der Waals surface area contributed by atoms with Gasteiger partial charge in [-0.3, -0.25) is 9.69 Å². The second-order valence-electron chi connectivity index (χ2n) is 7.74. The minimum Gasteiger partial charge on any atom is -0.493 e. The van der Waals surface area contributed by atoms with Gasteiger partial charge in [-0.1, -0.05) is 12.1 Å². The summed E-state index contributed by atoms with van der Waals surface area (Å²) in [5.41, 5.74) is 0.148. The van der Waals surface area contributed by atoms with Gasteiger partial charge in [-0.05, 0) is 18.6 Å². The van der Waals surface area contributed by atoms with Gasteiger partial charge in [0, 0.05) is 23.9 Å². The Labute approximate surface area is 186 Å². The number of para-hydroxylation sites is 1. The van der Waals surface area contributed by atoms with Crippen molar-refractivity contribution in [2.24, 2.45) is 0 Å². The lowest BCUT2D eigenvalue weighted by molar-refractivity contribution is -0.139. The summed E-state index contributed by atoms with van der Waals surface area (Å²) in [6, 6.07) is 5.69. The van der Waals surface area contributed by atoms with Crippen LogP contribution in [0.4, 0.5) is 24.8 Å². The number of fused-ring (bicyclic) bond motifs is 5. The molecule has 1 saturated heterocycles. The monoisotopic (exact) mass is 459 g/mol. The third kappa shape index (κ3) is 4.28. The molecule has 2 aliphatic heterocycles. The fourth-order valence-corrected chi connectivity index (χ4v) is 3.92. The summed E-state index contributed by atoms with van der Waals surface area (Å²) in [6.45, 7) is 0.943. The third-order valence-electron chi connectivity index (χ3n) is 5.52. The second kappa shape index (κ2) is 8.47. The van der Waals surface area contributed by atoms with Crippen molar-refractivity contribution in [3.05, 3.63) is 47.4 Å². The van der Waals surface area contributed by atoms with Crippen molar-refractivity contribution in [1.82, 2.24) is 15.0 Å². The SMILES string of the molecule is O=C1COCCN1c1cc2c3nc(nc2cn1)CCCOc1c(cccc1C(F)(F)F)CN3. The largest absolute Gasteiger partial charge is 0.493 e. The van der Waals surface area contributed by atoms with Gasteiger partial charge in [-0.15, -0.1) is 0 Å². The summed E-state index contributed by atoms with van der Waals surface area (Å²) in [5.74, 6) is 1.07. The zero-order valence-electron chi connectivity index (χ0n) is 17.5. The van der Waals surface area contributed by atoms with E-state index in [0.717, 1.165) is 6.07 Å². The van der Waals surface area contributed by atoms with Gasteiger partial charge in [0.2, 0.25) is 0 Å². The zero-order valence-corrected chi connectivity index (χ0v) is 17.5. The van der Waals surface area contributed by atoms with Crippen LogP contribution in [0.25, 0.3) is 10.9 Å². The number of aryl methyl sites for hydroxylation is 1. The van der Waals surface area contributed by atoms with Crippen LogP contribution < -0.4 is 15.0 Å². The van der Waals surface area contributed by atoms with Gasteiger partial charge in [0.25, 0.3) is 5.91 Å². The number of hydrogen-bond donors (Lipinski definition) is 1. The van der Waals surface area contributed by atoms with Crippen LogP contribution in [-0.4, -0.2) is 47.2 Å². The van der Waals surface area contributed by atoms with E-state index >= 15 is 0 Å². The van der Waals surface area contributed by atoms with Crippen LogP contribution in [0.15, 0.2) is 30.5 Å². The van der Waals surface area contributed by atoms with Crippen molar-refractivity contribution in [2.75, 3.05) is 36.6 Å². The molecule has 0 saturated carbocycles. The number of nitrogens with zero attached hydrogens (tertiary/aromatic N) is 4. The molecular weight excluding hydrogens is 439 g/mol. The third-order valence-corrected chi connectivity index (χ3v) is 5.52. The van der Waals surface area contributed by atoms with E-state index in [-0.39, 0.29) is 31.4 Å². The van der Waals surface area contributed by atoms with E-state index in [0.29, 0.717) is 59.9 Å². The first-order valence-electron chi connectivity index (χ1n) is 10.5. The Morgan fingerprint density at radius 2 is 2.03 bits per heavy atom. The molecule has 2 aliphatic rings. The molecule has 0 unspecified atom stereocenters. The van der Waals surface area contributed by atoms with Crippen molar-refractivity contribution in [3.8, 4) is 5.75 Å². The molecule has 8 nitrogen and oxygen atoms in total. The Hall–Kier alpha value is -3.47. The molecule has 172 valence electrons. The highest BCUT2D eigenvalue weighted by molar-refractivity contribution is 5.97. The van der Waals surface area contributed by atoms with Crippen molar-refractivity contribution in [2.45, 2.75) is 25.6 Å². The van der Waals surface area contributed by atoms with E-state index in [2.05, 4.69) is 20.3 Å². The summed E-state index contributed by atoms with van der Waals surface area (Å²) in [6.07, 6.45) is -2.07. The smallest absolute Gasteiger partial charge is 0.419 e. The maximum absolute atomic E-state index is 13.5. The number of hydrogen-bond acceptors (Lipinski definition) is 7. The number of benzene rings is 1. The van der Waals surface area contributed by atoms with Crippen LogP contribution >= 0.6 is 0 Å². The fourth-order valence-electron chi connectivity index (χ4n) is 3.92. The predicted molar refractivity (Wildman–Crippen MR) is 113 cm³/mol. The molecule has 1 N–H and O–H groups in total. The van der Waals surface area contributed by atoms with Crippen LogP contribution in [0.2, 0.25) is 0 Å². The van der Waals surface area contributed by atoms with Crippen LogP contribution in [-0.2, 0) is 28.7 Å². The second-order valence-corrected chi connectivity index (χ2v) is 7.74. The Balaban J connectivity index is 1.55. The number of rotatable bonds is 1. The highest BCUT2D eigenvalue weighted by Crippen LogP contribution is 2.39.